The lowest BCUT2D eigenvalue weighted by molar-refractivity contribution is 0.922. The lowest BCUT2D eigenvalue weighted by Gasteiger charge is -2.07. The molecule has 1 aromatic carbocycles. The Bertz CT molecular complexity index is 458. The minimum atomic E-state index is 0.930. The summed E-state index contributed by atoms with van der Waals surface area (Å²) in [6.45, 7) is 5.23. The van der Waals surface area contributed by atoms with E-state index in [1.807, 2.05) is 12.3 Å². The highest BCUT2D eigenvalue weighted by molar-refractivity contribution is 5.64. The molecule has 94 valence electrons. The summed E-state index contributed by atoms with van der Waals surface area (Å²) in [6.07, 6.45) is 4.16. The van der Waals surface area contributed by atoms with Gasteiger partial charge in [-0.1, -0.05) is 31.5 Å². The Balaban J connectivity index is 2.29. The van der Waals surface area contributed by atoms with Crippen LogP contribution < -0.4 is 5.32 Å². The zero-order chi connectivity index (χ0) is 12.8. The minimum Gasteiger partial charge on any atom is -0.385 e. The normalized spacial score (nSPS) is 10.3. The van der Waals surface area contributed by atoms with E-state index in [4.69, 9.17) is 0 Å². The van der Waals surface area contributed by atoms with Crippen molar-refractivity contribution in [2.45, 2.75) is 26.7 Å². The zero-order valence-corrected chi connectivity index (χ0v) is 11.1. The first-order valence-corrected chi connectivity index (χ1v) is 6.62. The first-order chi connectivity index (χ1) is 8.83. The molecule has 0 spiro atoms. The van der Waals surface area contributed by atoms with Crippen LogP contribution in [0.2, 0.25) is 0 Å². The SMILES string of the molecule is CCCc1cccc(-c2cc(NCC)ccn2)c1. The van der Waals surface area contributed by atoms with Gasteiger partial charge in [-0.3, -0.25) is 4.98 Å². The van der Waals surface area contributed by atoms with Gasteiger partial charge in [0.1, 0.15) is 0 Å². The maximum Gasteiger partial charge on any atom is 0.0722 e. The summed E-state index contributed by atoms with van der Waals surface area (Å²) in [4.78, 5) is 4.45. The van der Waals surface area contributed by atoms with Crippen LogP contribution in [-0.2, 0) is 6.42 Å². The number of aromatic nitrogens is 1. The van der Waals surface area contributed by atoms with Crippen molar-refractivity contribution in [1.82, 2.24) is 4.98 Å². The highest BCUT2D eigenvalue weighted by atomic mass is 14.9. The van der Waals surface area contributed by atoms with E-state index in [0.717, 1.165) is 24.3 Å². The van der Waals surface area contributed by atoms with Crippen molar-refractivity contribution in [3.05, 3.63) is 48.2 Å². The third-order valence-corrected chi connectivity index (χ3v) is 2.90. The maximum absolute atomic E-state index is 4.45. The second-order valence-corrected chi connectivity index (χ2v) is 4.41. The van der Waals surface area contributed by atoms with Gasteiger partial charge in [-0.05, 0) is 37.1 Å². The highest BCUT2D eigenvalue weighted by Crippen LogP contribution is 2.21. The standard InChI is InChI=1S/C16H20N2/c1-3-6-13-7-5-8-14(11-13)16-12-15(17-4-2)9-10-18-16/h5,7-12H,3-4,6H2,1-2H3,(H,17,18). The van der Waals surface area contributed by atoms with Crippen molar-refractivity contribution < 1.29 is 0 Å². The molecule has 2 heteroatoms. The minimum absolute atomic E-state index is 0.930. The molecule has 1 aromatic heterocycles. The van der Waals surface area contributed by atoms with Crippen molar-refractivity contribution in [2.24, 2.45) is 0 Å². The quantitative estimate of drug-likeness (QED) is 0.849. The van der Waals surface area contributed by atoms with Crippen molar-refractivity contribution in [3.8, 4) is 11.3 Å². The number of benzene rings is 1. The molecule has 0 amide bonds. The Morgan fingerprint density at radius 1 is 1.11 bits per heavy atom. The van der Waals surface area contributed by atoms with Gasteiger partial charge in [-0.2, -0.15) is 0 Å². The molecule has 18 heavy (non-hydrogen) atoms. The summed E-state index contributed by atoms with van der Waals surface area (Å²) in [5, 5.41) is 3.32. The van der Waals surface area contributed by atoms with E-state index in [-0.39, 0.29) is 0 Å². The van der Waals surface area contributed by atoms with Gasteiger partial charge < -0.3 is 5.32 Å². The average molecular weight is 240 g/mol. The predicted molar refractivity (Wildman–Crippen MR) is 77.8 cm³/mol. The molecule has 1 N–H and O–H groups in total. The van der Waals surface area contributed by atoms with Gasteiger partial charge in [-0.25, -0.2) is 0 Å². The Kier molecular flexibility index (Phi) is 4.35. The van der Waals surface area contributed by atoms with Crippen LogP contribution in [0.1, 0.15) is 25.8 Å². The van der Waals surface area contributed by atoms with Crippen LogP contribution in [0, 0.1) is 0 Å². The van der Waals surface area contributed by atoms with Gasteiger partial charge in [0.15, 0.2) is 0 Å². The third kappa shape index (κ3) is 3.10. The van der Waals surface area contributed by atoms with Gasteiger partial charge in [0.05, 0.1) is 5.69 Å². The number of rotatable bonds is 5. The smallest absolute Gasteiger partial charge is 0.0722 e. The van der Waals surface area contributed by atoms with Crippen molar-refractivity contribution >= 4 is 5.69 Å². The second kappa shape index (κ2) is 6.20. The number of anilines is 1. The van der Waals surface area contributed by atoms with Crippen LogP contribution in [0.4, 0.5) is 5.69 Å². The largest absolute Gasteiger partial charge is 0.385 e. The van der Waals surface area contributed by atoms with Crippen LogP contribution in [0.5, 0.6) is 0 Å². The van der Waals surface area contributed by atoms with E-state index in [1.54, 1.807) is 0 Å². The average Bonchev–Trinajstić information content (AvgIpc) is 2.40. The molecule has 0 saturated heterocycles. The fraction of sp³-hybridized carbons (Fsp3) is 0.312. The lowest BCUT2D eigenvalue weighted by atomic mass is 10.0. The summed E-state index contributed by atoms with van der Waals surface area (Å²) < 4.78 is 0. The van der Waals surface area contributed by atoms with Crippen LogP contribution >= 0.6 is 0 Å². The fourth-order valence-corrected chi connectivity index (χ4v) is 2.08. The molecule has 0 aliphatic carbocycles. The lowest BCUT2D eigenvalue weighted by Crippen LogP contribution is -1.97. The van der Waals surface area contributed by atoms with Crippen LogP contribution in [-0.4, -0.2) is 11.5 Å². The van der Waals surface area contributed by atoms with Crippen LogP contribution in [0.15, 0.2) is 42.6 Å². The molecule has 2 aromatic rings. The molecule has 0 atom stereocenters. The molecule has 0 aliphatic rings. The topological polar surface area (TPSA) is 24.9 Å². The summed E-state index contributed by atoms with van der Waals surface area (Å²) in [6, 6.07) is 12.8. The summed E-state index contributed by atoms with van der Waals surface area (Å²) >= 11 is 0. The Morgan fingerprint density at radius 2 is 2.00 bits per heavy atom. The van der Waals surface area contributed by atoms with Gasteiger partial charge in [0.2, 0.25) is 0 Å². The molecule has 0 radical (unpaired) electrons. The van der Waals surface area contributed by atoms with E-state index >= 15 is 0 Å². The molecule has 0 aliphatic heterocycles. The first-order valence-electron chi connectivity index (χ1n) is 6.62. The van der Waals surface area contributed by atoms with E-state index in [2.05, 4.69) is 54.5 Å². The highest BCUT2D eigenvalue weighted by Gasteiger charge is 2.01. The number of nitrogens with zero attached hydrogens (tertiary/aromatic N) is 1. The number of pyridine rings is 1. The van der Waals surface area contributed by atoms with E-state index in [9.17, 15) is 0 Å². The molecule has 0 bridgehead atoms. The summed E-state index contributed by atoms with van der Waals surface area (Å²) in [7, 11) is 0. The van der Waals surface area contributed by atoms with E-state index in [1.165, 1.54) is 17.5 Å². The van der Waals surface area contributed by atoms with Gasteiger partial charge in [0.25, 0.3) is 0 Å². The van der Waals surface area contributed by atoms with Gasteiger partial charge in [-0.15, -0.1) is 0 Å². The molecular weight excluding hydrogens is 220 g/mol. The number of nitrogens with one attached hydrogen (secondary N) is 1. The molecule has 1 heterocycles. The van der Waals surface area contributed by atoms with Gasteiger partial charge in [0, 0.05) is 24.0 Å². The third-order valence-electron chi connectivity index (χ3n) is 2.90. The fourth-order valence-electron chi connectivity index (χ4n) is 2.08. The maximum atomic E-state index is 4.45. The molecule has 0 fully saturated rings. The number of hydrogen-bond acceptors (Lipinski definition) is 2. The molecule has 2 nitrogen and oxygen atoms in total. The molecular formula is C16H20N2. The molecule has 0 saturated carbocycles. The number of hydrogen-bond donors (Lipinski definition) is 1. The summed E-state index contributed by atoms with van der Waals surface area (Å²) in [5.41, 5.74) is 4.74. The van der Waals surface area contributed by atoms with Crippen LogP contribution in [0.25, 0.3) is 11.3 Å². The molecule has 2 rings (SSSR count). The first kappa shape index (κ1) is 12.6. The Morgan fingerprint density at radius 3 is 2.78 bits per heavy atom. The predicted octanol–water partition coefficient (Wildman–Crippen LogP) is 4.13. The van der Waals surface area contributed by atoms with E-state index < -0.39 is 0 Å². The molecule has 0 unspecified atom stereocenters. The summed E-state index contributed by atoms with van der Waals surface area (Å²) in [5.74, 6) is 0. The van der Waals surface area contributed by atoms with Crippen molar-refractivity contribution in [1.29, 1.82) is 0 Å². The Labute approximate surface area is 109 Å². The number of aryl methyl sites for hydroxylation is 1. The van der Waals surface area contributed by atoms with E-state index in [0.29, 0.717) is 0 Å². The monoisotopic (exact) mass is 240 g/mol. The van der Waals surface area contributed by atoms with Gasteiger partial charge >= 0.3 is 0 Å². The Hall–Kier alpha value is -1.83. The van der Waals surface area contributed by atoms with Crippen molar-refractivity contribution in [2.75, 3.05) is 11.9 Å². The zero-order valence-electron chi connectivity index (χ0n) is 11.1. The van der Waals surface area contributed by atoms with Crippen molar-refractivity contribution in [3.63, 3.8) is 0 Å². The van der Waals surface area contributed by atoms with Crippen LogP contribution in [0.3, 0.4) is 0 Å². The second-order valence-electron chi connectivity index (χ2n) is 4.41.